The number of benzene rings is 1. The van der Waals surface area contributed by atoms with Gasteiger partial charge in [-0.15, -0.1) is 0 Å². The number of ether oxygens (including phenoxy) is 1. The minimum absolute atomic E-state index is 0.359. The van der Waals surface area contributed by atoms with E-state index >= 15 is 0 Å². The molecule has 1 fully saturated rings. The lowest BCUT2D eigenvalue weighted by Gasteiger charge is -2.27. The van der Waals surface area contributed by atoms with Crippen LogP contribution in [0.5, 0.6) is 0 Å². The third kappa shape index (κ3) is 4.34. The number of morpholine rings is 1. The van der Waals surface area contributed by atoms with Gasteiger partial charge in [0.15, 0.2) is 0 Å². The van der Waals surface area contributed by atoms with Crippen molar-refractivity contribution in [2.75, 3.05) is 36.5 Å². The Morgan fingerprint density at radius 2 is 1.96 bits per heavy atom. The van der Waals surface area contributed by atoms with Crippen LogP contribution in [0.1, 0.15) is 18.7 Å². The number of halogens is 1. The van der Waals surface area contributed by atoms with Crippen LogP contribution in [-0.4, -0.2) is 41.2 Å². The van der Waals surface area contributed by atoms with Gasteiger partial charge in [-0.25, -0.2) is 4.98 Å². The zero-order valence-electron chi connectivity index (χ0n) is 13.7. The summed E-state index contributed by atoms with van der Waals surface area (Å²) in [7, 11) is 0. The normalized spacial score (nSPS) is 15.7. The van der Waals surface area contributed by atoms with E-state index in [9.17, 15) is 10.1 Å². The Morgan fingerprint density at radius 3 is 2.60 bits per heavy atom. The molecule has 1 aromatic heterocycles. The first-order valence-electron chi connectivity index (χ1n) is 7.90. The van der Waals surface area contributed by atoms with Crippen molar-refractivity contribution in [1.29, 1.82) is 0 Å². The molecule has 0 amide bonds. The molecule has 1 unspecified atom stereocenters. The molecular weight excluding hydrogens is 346 g/mol. The van der Waals surface area contributed by atoms with Gasteiger partial charge in [-0.3, -0.25) is 10.1 Å². The first-order valence-corrected chi connectivity index (χ1v) is 8.28. The van der Waals surface area contributed by atoms with E-state index in [0.29, 0.717) is 48.8 Å². The van der Waals surface area contributed by atoms with Gasteiger partial charge in [0, 0.05) is 41.7 Å². The Morgan fingerprint density at radius 1 is 1.28 bits per heavy atom. The zero-order chi connectivity index (χ0) is 17.8. The first-order chi connectivity index (χ1) is 12.0. The number of aromatic nitrogens is 2. The van der Waals surface area contributed by atoms with Crippen LogP contribution < -0.4 is 10.2 Å². The minimum Gasteiger partial charge on any atom is -0.378 e. The summed E-state index contributed by atoms with van der Waals surface area (Å²) >= 11 is 5.90. The topological polar surface area (TPSA) is 93.4 Å². The van der Waals surface area contributed by atoms with Crippen molar-refractivity contribution in [3.8, 4) is 0 Å². The Hall–Kier alpha value is -2.45. The average molecular weight is 364 g/mol. The molecule has 1 saturated heterocycles. The molecule has 0 saturated carbocycles. The van der Waals surface area contributed by atoms with Crippen LogP contribution in [0.4, 0.5) is 17.5 Å². The van der Waals surface area contributed by atoms with Crippen molar-refractivity contribution in [1.82, 2.24) is 9.97 Å². The zero-order valence-corrected chi connectivity index (χ0v) is 14.4. The van der Waals surface area contributed by atoms with E-state index in [1.807, 2.05) is 17.0 Å². The fourth-order valence-electron chi connectivity index (χ4n) is 2.42. The lowest BCUT2D eigenvalue weighted by atomic mass is 10.2. The van der Waals surface area contributed by atoms with E-state index in [1.54, 1.807) is 18.2 Å². The first kappa shape index (κ1) is 17.4. The van der Waals surface area contributed by atoms with Gasteiger partial charge in [-0.05, 0) is 24.3 Å². The molecule has 0 bridgehead atoms. The fourth-order valence-corrected chi connectivity index (χ4v) is 2.55. The fraction of sp³-hybridized carbons (Fsp3) is 0.375. The second-order valence-corrected chi connectivity index (χ2v) is 6.11. The standard InChI is InChI=1S/C16H18ClN5O3/c1-11(22(23)24)14-10-15(18-13-4-2-12(17)3-5-13)20-16(19-14)21-6-8-25-9-7-21/h2-5,10-11H,6-9H2,1H3,(H,18,19,20). The number of anilines is 3. The molecule has 1 aliphatic heterocycles. The van der Waals surface area contributed by atoms with Gasteiger partial charge in [0.25, 0.3) is 6.04 Å². The monoisotopic (exact) mass is 363 g/mol. The quantitative estimate of drug-likeness (QED) is 0.644. The van der Waals surface area contributed by atoms with Gasteiger partial charge in [0.1, 0.15) is 11.5 Å². The molecule has 25 heavy (non-hydrogen) atoms. The molecule has 0 radical (unpaired) electrons. The summed E-state index contributed by atoms with van der Waals surface area (Å²) in [5, 5.41) is 15.0. The third-order valence-corrected chi connectivity index (χ3v) is 4.14. The molecule has 2 aromatic rings. The van der Waals surface area contributed by atoms with E-state index in [4.69, 9.17) is 16.3 Å². The second-order valence-electron chi connectivity index (χ2n) is 5.67. The summed E-state index contributed by atoms with van der Waals surface area (Å²) in [6.45, 7) is 3.97. The highest BCUT2D eigenvalue weighted by Crippen LogP contribution is 2.24. The number of nitrogens with zero attached hydrogens (tertiary/aromatic N) is 4. The molecule has 0 aliphatic carbocycles. The van der Waals surface area contributed by atoms with Crippen LogP contribution in [0, 0.1) is 10.1 Å². The second kappa shape index (κ2) is 7.62. The maximum Gasteiger partial charge on any atom is 0.252 e. The molecule has 1 N–H and O–H groups in total. The highest BCUT2D eigenvalue weighted by molar-refractivity contribution is 6.30. The number of hydrogen-bond donors (Lipinski definition) is 1. The predicted octanol–water partition coefficient (Wildman–Crippen LogP) is 3.05. The van der Waals surface area contributed by atoms with Gasteiger partial charge in [0.05, 0.1) is 13.2 Å². The van der Waals surface area contributed by atoms with Crippen molar-refractivity contribution < 1.29 is 9.66 Å². The van der Waals surface area contributed by atoms with E-state index in [1.165, 1.54) is 6.92 Å². The van der Waals surface area contributed by atoms with Crippen LogP contribution in [0.25, 0.3) is 0 Å². The van der Waals surface area contributed by atoms with E-state index in [0.717, 1.165) is 5.69 Å². The van der Waals surface area contributed by atoms with E-state index in [2.05, 4.69) is 15.3 Å². The Bertz CT molecular complexity index is 750. The lowest BCUT2D eigenvalue weighted by molar-refractivity contribution is -0.525. The summed E-state index contributed by atoms with van der Waals surface area (Å²) in [5.41, 5.74) is 1.15. The lowest BCUT2D eigenvalue weighted by Crippen LogP contribution is -2.37. The minimum atomic E-state index is -0.923. The van der Waals surface area contributed by atoms with Crippen molar-refractivity contribution in [3.63, 3.8) is 0 Å². The van der Waals surface area contributed by atoms with E-state index in [-0.39, 0.29) is 4.92 Å². The maximum absolute atomic E-state index is 11.2. The summed E-state index contributed by atoms with van der Waals surface area (Å²) < 4.78 is 5.34. The summed E-state index contributed by atoms with van der Waals surface area (Å²) in [5.74, 6) is 0.966. The molecule has 0 spiro atoms. The Balaban J connectivity index is 1.93. The predicted molar refractivity (Wildman–Crippen MR) is 95.2 cm³/mol. The SMILES string of the molecule is CC(c1cc(Nc2ccc(Cl)cc2)nc(N2CCOCC2)n1)[N+](=O)[O-]. The highest BCUT2D eigenvalue weighted by Gasteiger charge is 2.22. The summed E-state index contributed by atoms with van der Waals surface area (Å²) in [4.78, 5) is 21.7. The number of nitrogens with one attached hydrogen (secondary N) is 1. The number of rotatable bonds is 5. The van der Waals surface area contributed by atoms with E-state index < -0.39 is 6.04 Å². The molecule has 3 rings (SSSR count). The smallest absolute Gasteiger partial charge is 0.252 e. The van der Waals surface area contributed by atoms with Gasteiger partial charge < -0.3 is 15.0 Å². The summed E-state index contributed by atoms with van der Waals surface area (Å²) in [6.07, 6.45) is 0. The van der Waals surface area contributed by atoms with Crippen LogP contribution >= 0.6 is 11.6 Å². The molecule has 2 heterocycles. The van der Waals surface area contributed by atoms with Crippen molar-refractivity contribution in [2.24, 2.45) is 0 Å². The van der Waals surface area contributed by atoms with Crippen molar-refractivity contribution in [2.45, 2.75) is 13.0 Å². The molecule has 9 heteroatoms. The van der Waals surface area contributed by atoms with Crippen LogP contribution in [0.2, 0.25) is 5.02 Å². The molecule has 1 aromatic carbocycles. The molecule has 132 valence electrons. The maximum atomic E-state index is 11.2. The highest BCUT2D eigenvalue weighted by atomic mass is 35.5. The Labute approximate surface area is 149 Å². The van der Waals surface area contributed by atoms with Crippen molar-refractivity contribution in [3.05, 3.63) is 51.2 Å². The average Bonchev–Trinajstić information content (AvgIpc) is 2.63. The van der Waals surface area contributed by atoms with Crippen LogP contribution in [-0.2, 0) is 4.74 Å². The molecular formula is C16H18ClN5O3. The molecule has 1 aliphatic rings. The van der Waals surface area contributed by atoms with Gasteiger partial charge in [0.2, 0.25) is 5.95 Å². The van der Waals surface area contributed by atoms with Crippen LogP contribution in [0.3, 0.4) is 0 Å². The van der Waals surface area contributed by atoms with Crippen molar-refractivity contribution >= 4 is 29.1 Å². The largest absolute Gasteiger partial charge is 0.378 e. The number of nitro groups is 1. The number of hydrogen-bond acceptors (Lipinski definition) is 7. The van der Waals surface area contributed by atoms with Gasteiger partial charge in [-0.1, -0.05) is 11.6 Å². The third-order valence-electron chi connectivity index (χ3n) is 3.89. The summed E-state index contributed by atoms with van der Waals surface area (Å²) in [6, 6.07) is 7.83. The Kier molecular flexibility index (Phi) is 5.30. The molecule has 8 nitrogen and oxygen atoms in total. The van der Waals surface area contributed by atoms with Crippen LogP contribution in [0.15, 0.2) is 30.3 Å². The van der Waals surface area contributed by atoms with Gasteiger partial charge in [-0.2, -0.15) is 4.98 Å². The molecule has 1 atom stereocenters. The van der Waals surface area contributed by atoms with Gasteiger partial charge >= 0.3 is 0 Å².